The number of rotatable bonds is 4. The monoisotopic (exact) mass is 248 g/mol. The lowest BCUT2D eigenvalue weighted by Gasteiger charge is -2.24. The van der Waals surface area contributed by atoms with Gasteiger partial charge in [-0.1, -0.05) is 19.9 Å². The second-order valence-corrected chi connectivity index (χ2v) is 5.49. The van der Waals surface area contributed by atoms with Crippen LogP contribution in [0.25, 0.3) is 0 Å². The van der Waals surface area contributed by atoms with Crippen molar-refractivity contribution in [1.29, 1.82) is 0 Å². The van der Waals surface area contributed by atoms with Crippen LogP contribution in [-0.4, -0.2) is 16.5 Å². The number of hydrogen-bond donors (Lipinski definition) is 2. The minimum absolute atomic E-state index is 0.0611. The maximum absolute atomic E-state index is 5.78. The van der Waals surface area contributed by atoms with Crippen molar-refractivity contribution in [2.24, 2.45) is 0 Å². The lowest BCUT2D eigenvalue weighted by Crippen LogP contribution is -2.27. The highest BCUT2D eigenvalue weighted by Crippen LogP contribution is 2.28. The smallest absolute Gasteiger partial charge is 0.152 e. The van der Waals surface area contributed by atoms with Gasteiger partial charge in [0.25, 0.3) is 0 Å². The largest absolute Gasteiger partial charge is 0.394 e. The molecule has 0 aliphatic carbocycles. The molecule has 3 N–H and O–H groups in total. The van der Waals surface area contributed by atoms with Crippen LogP contribution in [-0.2, 0) is 5.41 Å². The Hall–Kier alpha value is -1.62. The number of nitrogen functional groups attached to an aromatic ring is 1. The number of hydrogen-bond acceptors (Lipinski definition) is 5. The molecular weight excluding hydrogens is 232 g/mol. The summed E-state index contributed by atoms with van der Waals surface area (Å²) in [4.78, 5) is 9.33. The molecule has 0 bridgehead atoms. The van der Waals surface area contributed by atoms with Gasteiger partial charge in [0.05, 0.1) is 11.9 Å². The molecule has 0 radical (unpaired) electrons. The van der Waals surface area contributed by atoms with Gasteiger partial charge in [-0.05, 0) is 11.4 Å². The molecule has 2 rings (SSSR count). The zero-order valence-electron chi connectivity index (χ0n) is 9.97. The summed E-state index contributed by atoms with van der Waals surface area (Å²) < 4.78 is 0. The Bertz CT molecular complexity index is 479. The molecule has 17 heavy (non-hydrogen) atoms. The molecule has 0 fully saturated rings. The predicted octanol–water partition coefficient (Wildman–Crippen LogP) is 2.51. The Morgan fingerprint density at radius 2 is 2.29 bits per heavy atom. The number of nitrogens with two attached hydrogens (primary N) is 1. The van der Waals surface area contributed by atoms with Crippen molar-refractivity contribution in [3.05, 3.63) is 34.9 Å². The quantitative estimate of drug-likeness (QED) is 0.872. The molecule has 0 unspecified atom stereocenters. The summed E-state index contributed by atoms with van der Waals surface area (Å²) in [5.41, 5.74) is 6.42. The molecule has 0 aliphatic heterocycles. The third-order valence-electron chi connectivity index (χ3n) is 2.63. The molecule has 0 saturated heterocycles. The van der Waals surface area contributed by atoms with Gasteiger partial charge in [-0.2, -0.15) is 0 Å². The van der Waals surface area contributed by atoms with Gasteiger partial charge in [0.1, 0.15) is 6.33 Å². The van der Waals surface area contributed by atoms with Gasteiger partial charge in [0.15, 0.2) is 5.82 Å². The Kier molecular flexibility index (Phi) is 3.28. The predicted molar refractivity (Wildman–Crippen MR) is 72.3 cm³/mol. The van der Waals surface area contributed by atoms with Crippen molar-refractivity contribution in [3.63, 3.8) is 0 Å². The molecule has 0 amide bonds. The van der Waals surface area contributed by atoms with Crippen molar-refractivity contribution < 1.29 is 0 Å². The summed E-state index contributed by atoms with van der Waals surface area (Å²) in [6, 6.07) is 4.22. The van der Waals surface area contributed by atoms with Gasteiger partial charge in [-0.25, -0.2) is 9.97 Å². The lowest BCUT2D eigenvalue weighted by atomic mass is 9.91. The zero-order valence-corrected chi connectivity index (χ0v) is 10.8. The highest BCUT2D eigenvalue weighted by molar-refractivity contribution is 7.10. The van der Waals surface area contributed by atoms with Gasteiger partial charge in [-0.15, -0.1) is 11.3 Å². The lowest BCUT2D eigenvalue weighted by molar-refractivity contribution is 0.568. The van der Waals surface area contributed by atoms with Gasteiger partial charge < -0.3 is 11.1 Å². The molecule has 4 nitrogen and oxygen atoms in total. The van der Waals surface area contributed by atoms with Crippen molar-refractivity contribution in [2.45, 2.75) is 19.3 Å². The van der Waals surface area contributed by atoms with Crippen LogP contribution in [0, 0.1) is 0 Å². The van der Waals surface area contributed by atoms with E-state index in [1.165, 1.54) is 11.2 Å². The highest BCUT2D eigenvalue weighted by Gasteiger charge is 2.21. The van der Waals surface area contributed by atoms with E-state index in [1.807, 2.05) is 0 Å². The molecule has 90 valence electrons. The summed E-state index contributed by atoms with van der Waals surface area (Å²) >= 11 is 1.77. The second-order valence-electron chi connectivity index (χ2n) is 4.54. The number of nitrogens with one attached hydrogen (secondary N) is 1. The fourth-order valence-electron chi connectivity index (χ4n) is 1.54. The Morgan fingerprint density at radius 3 is 2.94 bits per heavy atom. The first-order valence-electron chi connectivity index (χ1n) is 5.43. The van der Waals surface area contributed by atoms with Crippen LogP contribution >= 0.6 is 11.3 Å². The van der Waals surface area contributed by atoms with Gasteiger partial charge in [-0.3, -0.25) is 0 Å². The summed E-state index contributed by atoms with van der Waals surface area (Å²) in [6.45, 7) is 5.18. The Labute approximate surface area is 105 Å². The molecule has 0 saturated carbocycles. The van der Waals surface area contributed by atoms with Crippen molar-refractivity contribution >= 4 is 22.8 Å². The number of thiophene rings is 1. The summed E-state index contributed by atoms with van der Waals surface area (Å²) in [6.07, 6.45) is 3.10. The summed E-state index contributed by atoms with van der Waals surface area (Å²) in [7, 11) is 0. The fraction of sp³-hybridized carbons (Fsp3) is 0.333. The van der Waals surface area contributed by atoms with E-state index in [1.54, 1.807) is 17.5 Å². The molecule has 0 spiro atoms. The van der Waals surface area contributed by atoms with Crippen molar-refractivity contribution in [3.8, 4) is 0 Å². The highest BCUT2D eigenvalue weighted by atomic mass is 32.1. The number of aromatic nitrogens is 2. The van der Waals surface area contributed by atoms with E-state index in [2.05, 4.69) is 46.6 Å². The van der Waals surface area contributed by atoms with Crippen molar-refractivity contribution in [2.75, 3.05) is 17.6 Å². The maximum Gasteiger partial charge on any atom is 0.152 e. The molecule has 2 aromatic heterocycles. The van der Waals surface area contributed by atoms with Crippen LogP contribution in [0.3, 0.4) is 0 Å². The average molecular weight is 248 g/mol. The van der Waals surface area contributed by atoms with E-state index in [0.29, 0.717) is 11.5 Å². The van der Waals surface area contributed by atoms with Crippen LogP contribution in [0.4, 0.5) is 11.5 Å². The summed E-state index contributed by atoms with van der Waals surface area (Å²) in [5.74, 6) is 0.699. The second kappa shape index (κ2) is 4.71. The fourth-order valence-corrected chi connectivity index (χ4v) is 2.40. The SMILES string of the molecule is CC(C)(CNc1ncncc1N)c1cccs1. The minimum atomic E-state index is 0.0611. The van der Waals surface area contributed by atoms with E-state index < -0.39 is 0 Å². The normalized spacial score (nSPS) is 11.4. The van der Waals surface area contributed by atoms with Crippen molar-refractivity contribution in [1.82, 2.24) is 9.97 Å². The van der Waals surface area contributed by atoms with E-state index in [0.717, 1.165) is 6.54 Å². The number of anilines is 2. The molecule has 2 heterocycles. The first kappa shape index (κ1) is 11.9. The van der Waals surface area contributed by atoms with E-state index in [9.17, 15) is 0 Å². The maximum atomic E-state index is 5.78. The van der Waals surface area contributed by atoms with E-state index in [4.69, 9.17) is 5.73 Å². The first-order valence-corrected chi connectivity index (χ1v) is 6.31. The van der Waals surface area contributed by atoms with Gasteiger partial charge >= 0.3 is 0 Å². The zero-order chi connectivity index (χ0) is 12.3. The summed E-state index contributed by atoms with van der Waals surface area (Å²) in [5, 5.41) is 5.37. The van der Waals surface area contributed by atoms with Crippen LogP contribution in [0.5, 0.6) is 0 Å². The number of nitrogens with zero attached hydrogens (tertiary/aromatic N) is 2. The van der Waals surface area contributed by atoms with Crippen LogP contribution in [0.2, 0.25) is 0 Å². The van der Waals surface area contributed by atoms with E-state index >= 15 is 0 Å². The van der Waals surface area contributed by atoms with Crippen LogP contribution in [0.15, 0.2) is 30.0 Å². The van der Waals surface area contributed by atoms with Crippen LogP contribution < -0.4 is 11.1 Å². The third kappa shape index (κ3) is 2.74. The van der Waals surface area contributed by atoms with E-state index in [-0.39, 0.29) is 5.41 Å². The molecule has 0 aliphatic rings. The average Bonchev–Trinajstić information content (AvgIpc) is 2.82. The third-order valence-corrected chi connectivity index (χ3v) is 3.86. The molecule has 0 atom stereocenters. The van der Waals surface area contributed by atoms with Crippen LogP contribution in [0.1, 0.15) is 18.7 Å². The first-order chi connectivity index (χ1) is 8.09. The topological polar surface area (TPSA) is 63.8 Å². The van der Waals surface area contributed by atoms with Gasteiger partial charge in [0, 0.05) is 16.8 Å². The minimum Gasteiger partial charge on any atom is -0.394 e. The Balaban J connectivity index is 2.06. The van der Waals surface area contributed by atoms with Gasteiger partial charge in [0.2, 0.25) is 0 Å². The molecular formula is C12H16N4S. The standard InChI is InChI=1S/C12H16N4S/c1-12(2,10-4-3-5-17-10)7-15-11-9(13)6-14-8-16-11/h3-6,8H,7,13H2,1-2H3,(H,14,15,16). The molecule has 0 aromatic carbocycles. The Morgan fingerprint density at radius 1 is 1.47 bits per heavy atom. The molecule has 2 aromatic rings. The molecule has 5 heteroatoms.